The number of hydrogen-bond acceptors (Lipinski definition) is 2. The van der Waals surface area contributed by atoms with Gasteiger partial charge in [-0.15, -0.1) is 0 Å². The Kier molecular flexibility index (Phi) is 7.61. The first-order chi connectivity index (χ1) is 11.0. The van der Waals surface area contributed by atoms with E-state index in [2.05, 4.69) is 37.1 Å². The minimum absolute atomic E-state index is 0.280. The Morgan fingerprint density at radius 2 is 1.91 bits per heavy atom. The average Bonchev–Trinajstić information content (AvgIpc) is 3.30. The topological polar surface area (TPSA) is 32.3 Å². The fourth-order valence-corrected chi connectivity index (χ4v) is 3.51. The van der Waals surface area contributed by atoms with Gasteiger partial charge >= 0.3 is 0 Å². The molecule has 23 heavy (non-hydrogen) atoms. The third-order valence-electron chi connectivity index (χ3n) is 5.21. The molecule has 1 amide bonds. The lowest BCUT2D eigenvalue weighted by Gasteiger charge is -2.33. The van der Waals surface area contributed by atoms with Gasteiger partial charge in [0.15, 0.2) is 0 Å². The van der Waals surface area contributed by atoms with Crippen LogP contribution in [0.15, 0.2) is 11.6 Å². The maximum Gasteiger partial charge on any atom is 0.220 e. The summed E-state index contributed by atoms with van der Waals surface area (Å²) in [5, 5.41) is 3.10. The largest absolute Gasteiger partial charge is 0.353 e. The number of carbonyl (C=O) groups is 1. The lowest BCUT2D eigenvalue weighted by Crippen LogP contribution is -2.37. The molecule has 1 N–H and O–H groups in total. The Morgan fingerprint density at radius 3 is 2.52 bits per heavy atom. The Hall–Kier alpha value is -0.830. The molecule has 0 radical (unpaired) electrons. The zero-order chi connectivity index (χ0) is 16.7. The van der Waals surface area contributed by atoms with Crippen LogP contribution in [-0.4, -0.2) is 36.5 Å². The van der Waals surface area contributed by atoms with Crippen molar-refractivity contribution in [2.75, 3.05) is 19.6 Å². The molecular weight excluding hydrogens is 284 g/mol. The van der Waals surface area contributed by atoms with Crippen LogP contribution in [0, 0.1) is 11.8 Å². The van der Waals surface area contributed by atoms with Crippen LogP contribution in [-0.2, 0) is 4.79 Å². The molecule has 2 rings (SSSR count). The summed E-state index contributed by atoms with van der Waals surface area (Å²) in [5.74, 6) is 1.83. The number of nitrogens with one attached hydrogen (secondary N) is 1. The van der Waals surface area contributed by atoms with Crippen molar-refractivity contribution in [2.45, 2.75) is 78.2 Å². The van der Waals surface area contributed by atoms with Gasteiger partial charge in [0.2, 0.25) is 5.91 Å². The van der Waals surface area contributed by atoms with Crippen LogP contribution < -0.4 is 5.32 Å². The molecule has 0 aromatic carbocycles. The van der Waals surface area contributed by atoms with Crippen molar-refractivity contribution in [3.05, 3.63) is 11.6 Å². The van der Waals surface area contributed by atoms with Crippen LogP contribution in [0.3, 0.4) is 0 Å². The van der Waals surface area contributed by atoms with E-state index < -0.39 is 0 Å². The van der Waals surface area contributed by atoms with Crippen LogP contribution in [0.5, 0.6) is 0 Å². The van der Waals surface area contributed by atoms with Gasteiger partial charge in [-0.3, -0.25) is 4.79 Å². The van der Waals surface area contributed by atoms with E-state index in [0.29, 0.717) is 6.04 Å². The molecule has 0 aromatic rings. The van der Waals surface area contributed by atoms with Crippen molar-refractivity contribution in [2.24, 2.45) is 11.8 Å². The van der Waals surface area contributed by atoms with Gasteiger partial charge in [0.25, 0.3) is 0 Å². The summed E-state index contributed by atoms with van der Waals surface area (Å²) in [5.41, 5.74) is 1.43. The zero-order valence-electron chi connectivity index (χ0n) is 15.4. The lowest BCUT2D eigenvalue weighted by atomic mass is 9.91. The highest BCUT2D eigenvalue weighted by Crippen LogP contribution is 2.24. The standard InChI is InChI=1S/C20H36N2O/c1-16(2)5-4-6-17(3)15-22-13-11-18(12-14-22)7-10-20(23)21-19-8-9-19/h5,17-19H,4,6-15H2,1-3H3,(H,21,23)/t17-/m0/s1. The van der Waals surface area contributed by atoms with Gasteiger partial charge in [0, 0.05) is 19.0 Å². The molecule has 132 valence electrons. The van der Waals surface area contributed by atoms with Crippen LogP contribution in [0.2, 0.25) is 0 Å². The first-order valence-corrected chi connectivity index (χ1v) is 9.68. The van der Waals surface area contributed by atoms with Gasteiger partial charge in [0.05, 0.1) is 0 Å². The highest BCUT2D eigenvalue weighted by molar-refractivity contribution is 5.76. The maximum absolute atomic E-state index is 11.8. The normalized spacial score (nSPS) is 21.0. The Balaban J connectivity index is 1.54. The fraction of sp³-hybridized carbons (Fsp3) is 0.850. The molecule has 1 aliphatic carbocycles. The fourth-order valence-electron chi connectivity index (χ4n) is 3.51. The lowest BCUT2D eigenvalue weighted by molar-refractivity contribution is -0.121. The first-order valence-electron chi connectivity index (χ1n) is 9.68. The third kappa shape index (κ3) is 8.01. The summed E-state index contributed by atoms with van der Waals surface area (Å²) in [7, 11) is 0. The van der Waals surface area contributed by atoms with Gasteiger partial charge in [0.1, 0.15) is 0 Å². The number of amides is 1. The highest BCUT2D eigenvalue weighted by Gasteiger charge is 2.24. The molecule has 1 atom stereocenters. The summed E-state index contributed by atoms with van der Waals surface area (Å²) in [6.45, 7) is 10.4. The van der Waals surface area contributed by atoms with Crippen LogP contribution in [0.4, 0.5) is 0 Å². The summed E-state index contributed by atoms with van der Waals surface area (Å²) in [6, 6.07) is 0.511. The molecule has 3 nitrogen and oxygen atoms in total. The average molecular weight is 321 g/mol. The van der Waals surface area contributed by atoms with E-state index in [1.807, 2.05) is 0 Å². The number of piperidine rings is 1. The Bertz CT molecular complexity index is 388. The number of carbonyl (C=O) groups excluding carboxylic acids is 1. The van der Waals surface area contributed by atoms with Crippen LogP contribution in [0.25, 0.3) is 0 Å². The van der Waals surface area contributed by atoms with E-state index in [0.717, 1.165) is 24.7 Å². The van der Waals surface area contributed by atoms with Gasteiger partial charge < -0.3 is 10.2 Å². The van der Waals surface area contributed by atoms with Gasteiger partial charge in [-0.2, -0.15) is 0 Å². The number of likely N-dealkylation sites (tertiary alicyclic amines) is 1. The van der Waals surface area contributed by atoms with E-state index in [1.54, 1.807) is 0 Å². The van der Waals surface area contributed by atoms with E-state index in [-0.39, 0.29) is 5.91 Å². The quantitative estimate of drug-likeness (QED) is 0.648. The first kappa shape index (κ1) is 18.5. The van der Waals surface area contributed by atoms with E-state index >= 15 is 0 Å². The molecule has 1 saturated heterocycles. The molecule has 1 heterocycles. The van der Waals surface area contributed by atoms with Crippen molar-refractivity contribution >= 4 is 5.91 Å². The zero-order valence-corrected chi connectivity index (χ0v) is 15.4. The van der Waals surface area contributed by atoms with E-state index in [4.69, 9.17) is 0 Å². The molecule has 0 bridgehead atoms. The second-order valence-electron chi connectivity index (χ2n) is 8.09. The predicted molar refractivity (Wildman–Crippen MR) is 97.4 cm³/mol. The van der Waals surface area contributed by atoms with Crippen molar-refractivity contribution < 1.29 is 4.79 Å². The summed E-state index contributed by atoms with van der Waals surface area (Å²) in [6.07, 6.45) is 11.6. The molecule has 0 unspecified atom stereocenters. The Labute approximate surface area is 142 Å². The molecule has 1 aliphatic heterocycles. The number of hydrogen-bond donors (Lipinski definition) is 1. The summed E-state index contributed by atoms with van der Waals surface area (Å²) < 4.78 is 0. The van der Waals surface area contributed by atoms with E-state index in [9.17, 15) is 4.79 Å². The molecule has 0 spiro atoms. The van der Waals surface area contributed by atoms with Gasteiger partial charge in [-0.05, 0) is 83.7 Å². The maximum atomic E-state index is 11.8. The molecule has 3 heteroatoms. The summed E-state index contributed by atoms with van der Waals surface area (Å²) >= 11 is 0. The molecule has 0 aromatic heterocycles. The van der Waals surface area contributed by atoms with Gasteiger partial charge in [-0.1, -0.05) is 18.6 Å². The van der Waals surface area contributed by atoms with Gasteiger partial charge in [-0.25, -0.2) is 0 Å². The van der Waals surface area contributed by atoms with Crippen LogP contribution >= 0.6 is 0 Å². The van der Waals surface area contributed by atoms with E-state index in [1.165, 1.54) is 63.7 Å². The van der Waals surface area contributed by atoms with Crippen molar-refractivity contribution in [3.63, 3.8) is 0 Å². The van der Waals surface area contributed by atoms with Crippen molar-refractivity contribution in [3.8, 4) is 0 Å². The highest BCUT2D eigenvalue weighted by atomic mass is 16.1. The molecular formula is C20H36N2O. The van der Waals surface area contributed by atoms with Crippen molar-refractivity contribution in [1.82, 2.24) is 10.2 Å². The van der Waals surface area contributed by atoms with Crippen LogP contribution in [0.1, 0.15) is 72.1 Å². The number of allylic oxidation sites excluding steroid dienone is 2. The number of nitrogens with zero attached hydrogens (tertiary/aromatic N) is 1. The Morgan fingerprint density at radius 1 is 1.22 bits per heavy atom. The minimum atomic E-state index is 0.280. The molecule has 2 fully saturated rings. The van der Waals surface area contributed by atoms with Crippen molar-refractivity contribution in [1.29, 1.82) is 0 Å². The molecule has 1 saturated carbocycles. The number of rotatable bonds is 9. The third-order valence-corrected chi connectivity index (χ3v) is 5.21. The SMILES string of the molecule is CC(C)=CCC[C@H](C)CN1CCC(CCC(=O)NC2CC2)CC1. The second-order valence-corrected chi connectivity index (χ2v) is 8.09. The molecule has 2 aliphatic rings. The smallest absolute Gasteiger partial charge is 0.220 e. The predicted octanol–water partition coefficient (Wildman–Crippen LogP) is 4.14. The summed E-state index contributed by atoms with van der Waals surface area (Å²) in [4.78, 5) is 14.4. The minimum Gasteiger partial charge on any atom is -0.353 e. The monoisotopic (exact) mass is 320 g/mol. The second kappa shape index (κ2) is 9.46.